The molecule has 2 aromatic rings. The van der Waals surface area contributed by atoms with Crippen LogP contribution in [0.3, 0.4) is 0 Å². The van der Waals surface area contributed by atoms with Crippen molar-refractivity contribution in [1.82, 2.24) is 4.98 Å². The number of amides is 1. The van der Waals surface area contributed by atoms with Gasteiger partial charge in [-0.1, -0.05) is 35.9 Å². The number of aromatic nitrogens is 1. The zero-order valence-electron chi connectivity index (χ0n) is 11.0. The first-order valence-corrected chi connectivity index (χ1v) is 7.09. The first-order valence-electron chi connectivity index (χ1n) is 6.71. The monoisotopic (exact) mass is 286 g/mol. The summed E-state index contributed by atoms with van der Waals surface area (Å²) in [6.45, 7) is 0. The van der Waals surface area contributed by atoms with Crippen LogP contribution in [0.2, 0.25) is 5.02 Å². The molecule has 0 radical (unpaired) electrons. The van der Waals surface area contributed by atoms with E-state index in [9.17, 15) is 4.79 Å². The molecule has 1 atom stereocenters. The third-order valence-electron chi connectivity index (χ3n) is 3.69. The molecule has 0 spiro atoms. The van der Waals surface area contributed by atoms with Crippen molar-refractivity contribution in [3.05, 3.63) is 58.7 Å². The van der Waals surface area contributed by atoms with Crippen molar-refractivity contribution in [3.63, 3.8) is 0 Å². The maximum atomic E-state index is 12.3. The maximum absolute atomic E-state index is 12.3. The Morgan fingerprint density at radius 3 is 2.85 bits per heavy atom. The molecule has 1 unspecified atom stereocenters. The van der Waals surface area contributed by atoms with E-state index < -0.39 is 0 Å². The van der Waals surface area contributed by atoms with Gasteiger partial charge in [0.1, 0.15) is 5.82 Å². The Labute approximate surface area is 123 Å². The molecule has 0 aliphatic heterocycles. The first kappa shape index (κ1) is 13.1. The van der Waals surface area contributed by atoms with Crippen molar-refractivity contribution in [2.45, 2.75) is 19.3 Å². The van der Waals surface area contributed by atoms with E-state index in [1.54, 1.807) is 18.3 Å². The summed E-state index contributed by atoms with van der Waals surface area (Å²) >= 11 is 5.89. The number of benzene rings is 1. The zero-order chi connectivity index (χ0) is 13.9. The quantitative estimate of drug-likeness (QED) is 0.918. The van der Waals surface area contributed by atoms with Gasteiger partial charge in [0, 0.05) is 17.1 Å². The third kappa shape index (κ3) is 2.83. The topological polar surface area (TPSA) is 42.0 Å². The van der Waals surface area contributed by atoms with Crippen LogP contribution >= 0.6 is 11.6 Å². The summed E-state index contributed by atoms with van der Waals surface area (Å²) in [5, 5.41) is 3.42. The van der Waals surface area contributed by atoms with E-state index in [-0.39, 0.29) is 11.8 Å². The summed E-state index contributed by atoms with van der Waals surface area (Å²) in [6, 6.07) is 11.7. The Morgan fingerprint density at radius 1 is 1.25 bits per heavy atom. The lowest BCUT2D eigenvalue weighted by Crippen LogP contribution is -2.28. The molecule has 0 fully saturated rings. The molecule has 20 heavy (non-hydrogen) atoms. The van der Waals surface area contributed by atoms with Crippen LogP contribution in [-0.4, -0.2) is 10.9 Å². The van der Waals surface area contributed by atoms with Gasteiger partial charge in [-0.3, -0.25) is 4.79 Å². The highest BCUT2D eigenvalue weighted by Gasteiger charge is 2.24. The summed E-state index contributed by atoms with van der Waals surface area (Å²) < 4.78 is 0. The molecule has 1 aliphatic carbocycles. The Hall–Kier alpha value is -1.87. The average molecular weight is 287 g/mol. The number of fused-ring (bicyclic) bond motifs is 1. The predicted octanol–water partition coefficient (Wildman–Crippen LogP) is 3.48. The van der Waals surface area contributed by atoms with Crippen LogP contribution in [0.4, 0.5) is 5.82 Å². The Bertz CT molecular complexity index is 642. The Balaban J connectivity index is 1.70. The summed E-state index contributed by atoms with van der Waals surface area (Å²) in [5.41, 5.74) is 2.63. The minimum atomic E-state index is 0.00526. The molecule has 4 heteroatoms. The number of hydrogen-bond donors (Lipinski definition) is 1. The minimum absolute atomic E-state index is 0.00526. The molecular formula is C16H15ClN2O. The lowest BCUT2D eigenvalue weighted by atomic mass is 9.83. The van der Waals surface area contributed by atoms with Crippen molar-refractivity contribution in [2.24, 2.45) is 5.92 Å². The van der Waals surface area contributed by atoms with Crippen LogP contribution in [-0.2, 0) is 17.6 Å². The fourth-order valence-corrected chi connectivity index (χ4v) is 2.78. The summed E-state index contributed by atoms with van der Waals surface area (Å²) in [6.07, 6.45) is 4.22. The first-order chi connectivity index (χ1) is 9.72. The number of nitrogens with one attached hydrogen (secondary N) is 1. The van der Waals surface area contributed by atoms with Crippen molar-refractivity contribution < 1.29 is 4.79 Å². The molecule has 1 aromatic carbocycles. The van der Waals surface area contributed by atoms with Crippen molar-refractivity contribution in [3.8, 4) is 0 Å². The maximum Gasteiger partial charge on any atom is 0.228 e. The zero-order valence-corrected chi connectivity index (χ0v) is 11.7. The number of aryl methyl sites for hydroxylation is 1. The number of rotatable bonds is 2. The Kier molecular flexibility index (Phi) is 3.70. The summed E-state index contributed by atoms with van der Waals surface area (Å²) in [7, 11) is 0. The van der Waals surface area contributed by atoms with Gasteiger partial charge < -0.3 is 5.32 Å². The average Bonchev–Trinajstić information content (AvgIpc) is 2.47. The molecule has 0 saturated heterocycles. The molecule has 1 aromatic heterocycles. The Morgan fingerprint density at radius 2 is 2.05 bits per heavy atom. The number of hydrogen-bond acceptors (Lipinski definition) is 2. The fraction of sp³-hybridized carbons (Fsp3) is 0.250. The highest BCUT2D eigenvalue weighted by molar-refractivity contribution is 6.30. The molecular weight excluding hydrogens is 272 g/mol. The van der Waals surface area contributed by atoms with Gasteiger partial charge in [-0.2, -0.15) is 0 Å². The van der Waals surface area contributed by atoms with Gasteiger partial charge >= 0.3 is 0 Å². The van der Waals surface area contributed by atoms with E-state index >= 15 is 0 Å². The van der Waals surface area contributed by atoms with Crippen LogP contribution in [0.25, 0.3) is 0 Å². The molecule has 3 nitrogen and oxygen atoms in total. The normalized spacial score (nSPS) is 17.4. The van der Waals surface area contributed by atoms with E-state index in [1.165, 1.54) is 11.1 Å². The van der Waals surface area contributed by atoms with E-state index in [0.29, 0.717) is 10.8 Å². The number of halogens is 1. The minimum Gasteiger partial charge on any atom is -0.310 e. The van der Waals surface area contributed by atoms with Crippen LogP contribution in [0.15, 0.2) is 42.6 Å². The van der Waals surface area contributed by atoms with Gasteiger partial charge in [-0.25, -0.2) is 4.98 Å². The lowest BCUT2D eigenvalue weighted by molar-refractivity contribution is -0.120. The van der Waals surface area contributed by atoms with E-state index in [2.05, 4.69) is 28.5 Å². The molecule has 0 saturated carbocycles. The molecule has 0 bridgehead atoms. The van der Waals surface area contributed by atoms with Crippen molar-refractivity contribution in [1.29, 1.82) is 0 Å². The number of anilines is 1. The fourth-order valence-electron chi connectivity index (χ4n) is 2.62. The molecule has 1 aliphatic rings. The van der Waals surface area contributed by atoms with E-state index in [1.807, 2.05) is 6.07 Å². The van der Waals surface area contributed by atoms with Crippen molar-refractivity contribution in [2.75, 3.05) is 5.32 Å². The molecule has 3 rings (SSSR count). The second kappa shape index (κ2) is 5.63. The van der Waals surface area contributed by atoms with Crippen molar-refractivity contribution >= 4 is 23.3 Å². The second-order valence-corrected chi connectivity index (χ2v) is 5.49. The van der Waals surface area contributed by atoms with Gasteiger partial charge in [0.15, 0.2) is 0 Å². The second-order valence-electron chi connectivity index (χ2n) is 5.06. The van der Waals surface area contributed by atoms with Gasteiger partial charge in [0.05, 0.1) is 0 Å². The highest BCUT2D eigenvalue weighted by Crippen LogP contribution is 2.26. The number of nitrogens with zero attached hydrogens (tertiary/aromatic N) is 1. The third-order valence-corrected chi connectivity index (χ3v) is 3.93. The van der Waals surface area contributed by atoms with E-state index in [0.717, 1.165) is 19.3 Å². The molecule has 1 amide bonds. The van der Waals surface area contributed by atoms with Crippen LogP contribution in [0.5, 0.6) is 0 Å². The standard InChI is InChI=1S/C16H15ClN2O/c17-14-7-8-18-15(10-14)19-16(20)13-6-5-11-3-1-2-4-12(11)9-13/h1-4,7-8,10,13H,5-6,9H2,(H,18,19,20). The molecule has 1 heterocycles. The van der Waals surface area contributed by atoms with Gasteiger partial charge in [0.25, 0.3) is 0 Å². The summed E-state index contributed by atoms with van der Waals surface area (Å²) in [5.74, 6) is 0.543. The van der Waals surface area contributed by atoms with Gasteiger partial charge in [0.2, 0.25) is 5.91 Å². The summed E-state index contributed by atoms with van der Waals surface area (Å²) in [4.78, 5) is 16.4. The van der Waals surface area contributed by atoms with Crippen LogP contribution < -0.4 is 5.32 Å². The van der Waals surface area contributed by atoms with E-state index in [4.69, 9.17) is 11.6 Å². The van der Waals surface area contributed by atoms with Gasteiger partial charge in [-0.15, -0.1) is 0 Å². The molecule has 102 valence electrons. The SMILES string of the molecule is O=C(Nc1cc(Cl)ccn1)C1CCc2ccccc2C1. The molecule has 1 N–H and O–H groups in total. The highest BCUT2D eigenvalue weighted by atomic mass is 35.5. The predicted molar refractivity (Wildman–Crippen MR) is 79.8 cm³/mol. The van der Waals surface area contributed by atoms with Crippen LogP contribution in [0, 0.1) is 5.92 Å². The smallest absolute Gasteiger partial charge is 0.228 e. The largest absolute Gasteiger partial charge is 0.310 e. The number of pyridine rings is 1. The number of carbonyl (C=O) groups is 1. The number of carbonyl (C=O) groups excluding carboxylic acids is 1. The van der Waals surface area contributed by atoms with Gasteiger partial charge in [-0.05, 0) is 42.5 Å². The lowest BCUT2D eigenvalue weighted by Gasteiger charge is -2.23. The van der Waals surface area contributed by atoms with Crippen LogP contribution in [0.1, 0.15) is 17.5 Å².